The number of rotatable bonds is 5. The first-order valence-electron chi connectivity index (χ1n) is 14.6. The van der Waals surface area contributed by atoms with Gasteiger partial charge in [-0.1, -0.05) is 79.2 Å². The van der Waals surface area contributed by atoms with Gasteiger partial charge in [0, 0.05) is 16.8 Å². The van der Waals surface area contributed by atoms with Gasteiger partial charge in [0.2, 0.25) is 5.95 Å². The van der Waals surface area contributed by atoms with Crippen molar-refractivity contribution in [2.75, 3.05) is 0 Å². The Hall–Kier alpha value is -4.63. The van der Waals surface area contributed by atoms with Crippen molar-refractivity contribution in [3.63, 3.8) is 0 Å². The zero-order valence-corrected chi connectivity index (χ0v) is 24.4. The van der Waals surface area contributed by atoms with Crippen LogP contribution in [0.15, 0.2) is 103 Å². The summed E-state index contributed by atoms with van der Waals surface area (Å²) in [6.07, 6.45) is 1.03. The van der Waals surface area contributed by atoms with Crippen LogP contribution in [0.2, 0.25) is 0 Å². The third kappa shape index (κ3) is 4.07. The maximum Gasteiger partial charge on any atom is 0.216 e. The van der Waals surface area contributed by atoms with Gasteiger partial charge in [-0.05, 0) is 104 Å². The van der Waals surface area contributed by atoms with Crippen LogP contribution < -0.4 is 0 Å². The first-order valence-corrected chi connectivity index (χ1v) is 14.6. The first kappa shape index (κ1) is 25.3. The molecule has 0 aliphatic rings. The smallest absolute Gasteiger partial charge is 0.216 e. The molecule has 0 aliphatic carbocycles. The number of para-hydroxylation sites is 2. The summed E-state index contributed by atoms with van der Waals surface area (Å²) in [6, 6.07) is 38.1. The second-order valence-corrected chi connectivity index (χ2v) is 11.5. The molecule has 0 spiro atoms. The molecule has 0 aliphatic heterocycles. The topological polar surface area (TPSA) is 22.8 Å². The van der Waals surface area contributed by atoms with E-state index in [-0.39, 0.29) is 0 Å². The fraction of sp³-hybridized carbons (Fsp3) is 0.184. The molecule has 0 saturated heterocycles. The largest absolute Gasteiger partial charge is 0.307 e. The lowest BCUT2D eigenvalue weighted by atomic mass is 9.96. The van der Waals surface area contributed by atoms with E-state index >= 15 is 0 Å². The molecule has 3 heteroatoms. The molecule has 1 atom stereocenters. The first-order chi connectivity index (χ1) is 19.9. The minimum atomic E-state index is 0.311. The minimum absolute atomic E-state index is 0.311. The van der Waals surface area contributed by atoms with E-state index < -0.39 is 0 Å². The summed E-state index contributed by atoms with van der Waals surface area (Å²) in [5, 5.41) is 2.49. The fourth-order valence-electron chi connectivity index (χ4n) is 6.41. The summed E-state index contributed by atoms with van der Waals surface area (Å²) in [7, 11) is 0. The average Bonchev–Trinajstić information content (AvgIpc) is 3.52. The van der Waals surface area contributed by atoms with Crippen molar-refractivity contribution in [2.24, 2.45) is 0 Å². The third-order valence-corrected chi connectivity index (χ3v) is 8.72. The Kier molecular flexibility index (Phi) is 6.04. The standard InChI is InChI=1S/C38H35N3/c1-6-27(5)40-37-14-10-9-13-34(37)39-38(40)41-35-19-16-28(30-12-8-7-11-25(30)3)22-32(35)33-23-29(17-20-36(33)41)31-18-15-24(2)21-26(31)4/h7-23,27H,6H2,1-5H3. The maximum atomic E-state index is 5.25. The van der Waals surface area contributed by atoms with Gasteiger partial charge in [-0.3, -0.25) is 4.57 Å². The van der Waals surface area contributed by atoms with Crippen molar-refractivity contribution in [3.8, 4) is 28.2 Å². The number of imidazole rings is 1. The number of hydrogen-bond acceptors (Lipinski definition) is 1. The van der Waals surface area contributed by atoms with Gasteiger partial charge in [-0.15, -0.1) is 0 Å². The zero-order chi connectivity index (χ0) is 28.2. The van der Waals surface area contributed by atoms with Crippen LogP contribution in [-0.2, 0) is 0 Å². The second-order valence-electron chi connectivity index (χ2n) is 11.5. The summed E-state index contributed by atoms with van der Waals surface area (Å²) in [5.41, 5.74) is 13.5. The van der Waals surface area contributed by atoms with Gasteiger partial charge in [0.15, 0.2) is 0 Å². The molecule has 2 aromatic heterocycles. The van der Waals surface area contributed by atoms with E-state index in [2.05, 4.69) is 147 Å². The predicted molar refractivity (Wildman–Crippen MR) is 174 cm³/mol. The van der Waals surface area contributed by atoms with E-state index in [1.807, 2.05) is 0 Å². The number of aryl methyl sites for hydroxylation is 3. The molecule has 0 N–H and O–H groups in total. The zero-order valence-electron chi connectivity index (χ0n) is 24.4. The van der Waals surface area contributed by atoms with E-state index in [0.29, 0.717) is 6.04 Å². The molecule has 41 heavy (non-hydrogen) atoms. The van der Waals surface area contributed by atoms with E-state index in [4.69, 9.17) is 4.98 Å². The molecule has 1 unspecified atom stereocenters. The molecule has 7 rings (SSSR count). The highest BCUT2D eigenvalue weighted by molar-refractivity contribution is 6.11. The van der Waals surface area contributed by atoms with Gasteiger partial charge in [-0.2, -0.15) is 0 Å². The van der Waals surface area contributed by atoms with Gasteiger partial charge < -0.3 is 4.57 Å². The van der Waals surface area contributed by atoms with Crippen molar-refractivity contribution in [3.05, 3.63) is 120 Å². The lowest BCUT2D eigenvalue weighted by Gasteiger charge is -2.17. The maximum absolute atomic E-state index is 5.25. The van der Waals surface area contributed by atoms with Crippen molar-refractivity contribution in [1.82, 2.24) is 14.1 Å². The summed E-state index contributed by atoms with van der Waals surface area (Å²) in [6.45, 7) is 11.1. The van der Waals surface area contributed by atoms with Gasteiger partial charge in [0.05, 0.1) is 22.1 Å². The summed E-state index contributed by atoms with van der Waals surface area (Å²) >= 11 is 0. The molecule has 0 fully saturated rings. The highest BCUT2D eigenvalue weighted by atomic mass is 15.3. The summed E-state index contributed by atoms with van der Waals surface area (Å²) < 4.78 is 4.80. The van der Waals surface area contributed by atoms with Crippen LogP contribution in [0.4, 0.5) is 0 Å². The molecule has 2 heterocycles. The summed E-state index contributed by atoms with van der Waals surface area (Å²) in [5.74, 6) is 0.975. The van der Waals surface area contributed by atoms with E-state index in [9.17, 15) is 0 Å². The number of benzene rings is 5. The average molecular weight is 534 g/mol. The highest BCUT2D eigenvalue weighted by Crippen LogP contribution is 2.39. The predicted octanol–water partition coefficient (Wildman–Crippen LogP) is 10.4. The lowest BCUT2D eigenvalue weighted by molar-refractivity contribution is 0.537. The fourth-order valence-corrected chi connectivity index (χ4v) is 6.41. The van der Waals surface area contributed by atoms with Crippen LogP contribution in [0.1, 0.15) is 43.0 Å². The van der Waals surface area contributed by atoms with E-state index in [0.717, 1.165) is 17.9 Å². The molecule has 3 nitrogen and oxygen atoms in total. The Bertz CT molecular complexity index is 2090. The molecular weight excluding hydrogens is 498 g/mol. The SMILES string of the molecule is CCC(C)n1c(-n2c3ccc(-c4ccccc4C)cc3c3cc(-c4ccc(C)cc4C)ccc32)nc2ccccc21. The van der Waals surface area contributed by atoms with Gasteiger partial charge in [0.25, 0.3) is 0 Å². The molecule has 7 aromatic rings. The van der Waals surface area contributed by atoms with Crippen molar-refractivity contribution < 1.29 is 0 Å². The normalized spacial score (nSPS) is 12.5. The monoisotopic (exact) mass is 533 g/mol. The van der Waals surface area contributed by atoms with Gasteiger partial charge >= 0.3 is 0 Å². The van der Waals surface area contributed by atoms with Crippen LogP contribution in [-0.4, -0.2) is 14.1 Å². The third-order valence-electron chi connectivity index (χ3n) is 8.72. The lowest BCUT2D eigenvalue weighted by Crippen LogP contribution is -2.10. The van der Waals surface area contributed by atoms with Crippen LogP contribution in [0.25, 0.3) is 61.0 Å². The Morgan fingerprint density at radius 2 is 1.27 bits per heavy atom. The van der Waals surface area contributed by atoms with Crippen LogP contribution in [0.5, 0.6) is 0 Å². The number of nitrogens with zero attached hydrogens (tertiary/aromatic N) is 3. The molecule has 0 radical (unpaired) electrons. The van der Waals surface area contributed by atoms with Crippen molar-refractivity contribution in [2.45, 2.75) is 47.1 Å². The molecular formula is C38H35N3. The van der Waals surface area contributed by atoms with Crippen LogP contribution in [0, 0.1) is 20.8 Å². The molecule has 0 saturated carbocycles. The van der Waals surface area contributed by atoms with Gasteiger partial charge in [-0.25, -0.2) is 4.98 Å². The second kappa shape index (κ2) is 9.78. The van der Waals surface area contributed by atoms with Crippen molar-refractivity contribution >= 4 is 32.8 Å². The minimum Gasteiger partial charge on any atom is -0.307 e. The van der Waals surface area contributed by atoms with E-state index in [1.54, 1.807) is 0 Å². The number of hydrogen-bond donors (Lipinski definition) is 0. The molecule has 5 aromatic carbocycles. The Balaban J connectivity index is 1.57. The Morgan fingerprint density at radius 3 is 1.93 bits per heavy atom. The van der Waals surface area contributed by atoms with Crippen molar-refractivity contribution in [1.29, 1.82) is 0 Å². The van der Waals surface area contributed by atoms with Gasteiger partial charge in [0.1, 0.15) is 0 Å². The van der Waals surface area contributed by atoms with E-state index in [1.165, 1.54) is 66.3 Å². The Morgan fingerprint density at radius 1 is 0.634 bits per heavy atom. The molecule has 0 bridgehead atoms. The number of aromatic nitrogens is 3. The number of fused-ring (bicyclic) bond motifs is 4. The molecule has 0 amide bonds. The van der Waals surface area contributed by atoms with Crippen LogP contribution in [0.3, 0.4) is 0 Å². The highest BCUT2D eigenvalue weighted by Gasteiger charge is 2.22. The molecule has 202 valence electrons. The summed E-state index contributed by atoms with van der Waals surface area (Å²) in [4.78, 5) is 5.25. The quantitative estimate of drug-likeness (QED) is 0.216. The Labute approximate surface area is 241 Å². The van der Waals surface area contributed by atoms with Crippen LogP contribution >= 0.6 is 0 Å².